The molecular formula is C28H42N2O4. The topological polar surface area (TPSA) is 87.7 Å². The summed E-state index contributed by atoms with van der Waals surface area (Å²) in [5.74, 6) is 0.572. The molecule has 0 radical (unpaired) electrons. The highest BCUT2D eigenvalue weighted by atomic mass is 16.5. The van der Waals surface area contributed by atoms with E-state index in [9.17, 15) is 14.7 Å². The predicted octanol–water partition coefficient (Wildman–Crippen LogP) is 4.07. The van der Waals surface area contributed by atoms with E-state index in [1.54, 1.807) is 0 Å². The number of fused-ring (bicyclic) bond motifs is 1. The van der Waals surface area contributed by atoms with Crippen molar-refractivity contribution in [3.8, 4) is 5.75 Å². The van der Waals surface area contributed by atoms with Crippen molar-refractivity contribution < 1.29 is 19.4 Å². The highest BCUT2D eigenvalue weighted by molar-refractivity contribution is 5.79. The SMILES string of the molecule is CC(C(=O)NC1CCCC1)C1CCC2(C)CCC(NC(=O)COc3ccccc3)C(C)C2C1O. The highest BCUT2D eigenvalue weighted by Gasteiger charge is 2.53. The number of amides is 2. The summed E-state index contributed by atoms with van der Waals surface area (Å²) in [5.41, 5.74) is 0.0404. The monoisotopic (exact) mass is 470 g/mol. The van der Waals surface area contributed by atoms with Gasteiger partial charge in [0.15, 0.2) is 6.61 Å². The molecule has 3 aliphatic rings. The van der Waals surface area contributed by atoms with Crippen molar-refractivity contribution in [3.63, 3.8) is 0 Å². The molecule has 3 aliphatic carbocycles. The van der Waals surface area contributed by atoms with Crippen molar-refractivity contribution in [2.45, 2.75) is 90.3 Å². The normalized spacial score (nSPS) is 34.6. The second-order valence-electron chi connectivity index (χ2n) is 11.3. The molecule has 34 heavy (non-hydrogen) atoms. The fraction of sp³-hybridized carbons (Fsp3) is 0.714. The van der Waals surface area contributed by atoms with Gasteiger partial charge in [0.05, 0.1) is 6.10 Å². The van der Waals surface area contributed by atoms with E-state index in [0.717, 1.165) is 38.5 Å². The lowest BCUT2D eigenvalue weighted by Crippen LogP contribution is -2.59. The number of nitrogens with one attached hydrogen (secondary N) is 2. The minimum Gasteiger partial charge on any atom is -0.484 e. The van der Waals surface area contributed by atoms with Crippen LogP contribution in [-0.4, -0.2) is 41.7 Å². The molecule has 6 nitrogen and oxygen atoms in total. The Balaban J connectivity index is 1.37. The first-order valence-corrected chi connectivity index (χ1v) is 13.2. The molecule has 1 aromatic carbocycles. The van der Waals surface area contributed by atoms with Gasteiger partial charge in [-0.1, -0.05) is 51.8 Å². The molecule has 0 saturated heterocycles. The van der Waals surface area contributed by atoms with Crippen LogP contribution in [0.4, 0.5) is 0 Å². The van der Waals surface area contributed by atoms with Crippen LogP contribution in [0.5, 0.6) is 5.75 Å². The number of carbonyl (C=O) groups excluding carboxylic acids is 2. The lowest BCUT2D eigenvalue weighted by molar-refractivity contribution is -0.144. The van der Waals surface area contributed by atoms with Gasteiger partial charge >= 0.3 is 0 Å². The average Bonchev–Trinajstić information content (AvgIpc) is 3.33. The minimum absolute atomic E-state index is 0.000898. The maximum absolute atomic E-state index is 13.0. The summed E-state index contributed by atoms with van der Waals surface area (Å²) in [5, 5.41) is 18.0. The summed E-state index contributed by atoms with van der Waals surface area (Å²) in [6.07, 6.45) is 7.74. The van der Waals surface area contributed by atoms with Gasteiger partial charge in [0.25, 0.3) is 5.91 Å². The van der Waals surface area contributed by atoms with Crippen LogP contribution in [0.2, 0.25) is 0 Å². The Labute approximate surface area is 204 Å². The third-order valence-corrected chi connectivity index (χ3v) is 9.10. The molecule has 7 atom stereocenters. The predicted molar refractivity (Wildman–Crippen MR) is 132 cm³/mol. The largest absolute Gasteiger partial charge is 0.484 e. The van der Waals surface area contributed by atoms with Gasteiger partial charge < -0.3 is 20.5 Å². The fourth-order valence-electron chi connectivity index (χ4n) is 7.01. The number of hydrogen-bond donors (Lipinski definition) is 3. The zero-order valence-electron chi connectivity index (χ0n) is 21.0. The second-order valence-corrected chi connectivity index (χ2v) is 11.3. The number of carbonyl (C=O) groups is 2. The number of ether oxygens (including phenoxy) is 1. The number of rotatable bonds is 7. The lowest BCUT2D eigenvalue weighted by atomic mass is 9.51. The molecule has 6 heteroatoms. The standard InChI is InChI=1S/C28H42N2O4/c1-18(27(33)29-20-9-7-8-10-20)22-13-15-28(3)16-14-23(19(2)25(28)26(22)32)30-24(31)17-34-21-11-5-4-6-12-21/h4-6,11-12,18-20,22-23,25-26,32H,7-10,13-17H2,1-3H3,(H,29,33)(H,30,31). The molecule has 2 amide bonds. The van der Waals surface area contributed by atoms with Gasteiger partial charge in [0.1, 0.15) is 5.75 Å². The van der Waals surface area contributed by atoms with Crippen molar-refractivity contribution in [1.29, 1.82) is 0 Å². The Bertz CT molecular complexity index is 840. The van der Waals surface area contributed by atoms with Gasteiger partial charge in [-0.25, -0.2) is 0 Å². The maximum Gasteiger partial charge on any atom is 0.258 e. The molecule has 0 aromatic heterocycles. The first kappa shape index (κ1) is 25.0. The van der Waals surface area contributed by atoms with E-state index in [4.69, 9.17) is 4.74 Å². The number of para-hydroxylation sites is 1. The lowest BCUT2D eigenvalue weighted by Gasteiger charge is -2.56. The molecule has 1 aromatic rings. The number of hydrogen-bond acceptors (Lipinski definition) is 4. The first-order chi connectivity index (χ1) is 16.3. The molecule has 0 bridgehead atoms. The van der Waals surface area contributed by atoms with Crippen LogP contribution >= 0.6 is 0 Å². The van der Waals surface area contributed by atoms with E-state index in [1.165, 1.54) is 12.8 Å². The van der Waals surface area contributed by atoms with Crippen LogP contribution in [-0.2, 0) is 9.59 Å². The Hall–Kier alpha value is -2.08. The molecule has 0 spiro atoms. The summed E-state index contributed by atoms with van der Waals surface area (Å²) in [7, 11) is 0. The fourth-order valence-corrected chi connectivity index (χ4v) is 7.01. The summed E-state index contributed by atoms with van der Waals surface area (Å²) < 4.78 is 5.62. The number of benzene rings is 1. The number of aliphatic hydroxyl groups excluding tert-OH is 1. The molecule has 3 fully saturated rings. The summed E-state index contributed by atoms with van der Waals surface area (Å²) in [4.78, 5) is 25.6. The molecule has 3 saturated carbocycles. The zero-order chi connectivity index (χ0) is 24.3. The molecule has 4 rings (SSSR count). The minimum atomic E-state index is -0.543. The first-order valence-electron chi connectivity index (χ1n) is 13.2. The Morgan fingerprint density at radius 2 is 1.76 bits per heavy atom. The molecule has 188 valence electrons. The van der Waals surface area contributed by atoms with Crippen LogP contribution in [0.25, 0.3) is 0 Å². The summed E-state index contributed by atoms with van der Waals surface area (Å²) in [6.45, 7) is 6.40. The third-order valence-electron chi connectivity index (χ3n) is 9.10. The van der Waals surface area contributed by atoms with Crippen LogP contribution in [0, 0.1) is 29.1 Å². The van der Waals surface area contributed by atoms with E-state index in [0.29, 0.717) is 11.8 Å². The van der Waals surface area contributed by atoms with Gasteiger partial charge in [-0.15, -0.1) is 0 Å². The van der Waals surface area contributed by atoms with Crippen LogP contribution in [0.1, 0.15) is 72.1 Å². The van der Waals surface area contributed by atoms with Crippen molar-refractivity contribution in [2.75, 3.05) is 6.61 Å². The van der Waals surface area contributed by atoms with Gasteiger partial charge in [0.2, 0.25) is 5.91 Å². The second kappa shape index (κ2) is 10.7. The van der Waals surface area contributed by atoms with E-state index in [-0.39, 0.29) is 53.5 Å². The summed E-state index contributed by atoms with van der Waals surface area (Å²) in [6, 6.07) is 9.65. The van der Waals surface area contributed by atoms with Crippen LogP contribution in [0.3, 0.4) is 0 Å². The van der Waals surface area contributed by atoms with Gasteiger partial charge in [-0.05, 0) is 73.8 Å². The third kappa shape index (κ3) is 5.42. The van der Waals surface area contributed by atoms with Gasteiger partial charge in [-0.3, -0.25) is 9.59 Å². The zero-order valence-corrected chi connectivity index (χ0v) is 21.0. The van der Waals surface area contributed by atoms with Crippen molar-refractivity contribution in [2.24, 2.45) is 29.1 Å². The maximum atomic E-state index is 13.0. The van der Waals surface area contributed by atoms with E-state index in [2.05, 4.69) is 24.5 Å². The molecule has 3 N–H and O–H groups in total. The van der Waals surface area contributed by atoms with Crippen molar-refractivity contribution >= 4 is 11.8 Å². The quantitative estimate of drug-likeness (QED) is 0.561. The molecule has 7 unspecified atom stereocenters. The molecule has 0 heterocycles. The highest BCUT2D eigenvalue weighted by Crippen LogP contribution is 2.55. The van der Waals surface area contributed by atoms with Crippen molar-refractivity contribution in [1.82, 2.24) is 10.6 Å². The molecule has 0 aliphatic heterocycles. The van der Waals surface area contributed by atoms with Gasteiger partial charge in [-0.2, -0.15) is 0 Å². The Kier molecular flexibility index (Phi) is 7.86. The summed E-state index contributed by atoms with van der Waals surface area (Å²) >= 11 is 0. The van der Waals surface area contributed by atoms with Gasteiger partial charge in [0, 0.05) is 18.0 Å². The van der Waals surface area contributed by atoms with E-state index >= 15 is 0 Å². The Morgan fingerprint density at radius 1 is 1.09 bits per heavy atom. The van der Waals surface area contributed by atoms with Crippen molar-refractivity contribution in [3.05, 3.63) is 30.3 Å². The van der Waals surface area contributed by atoms with Crippen LogP contribution in [0.15, 0.2) is 30.3 Å². The van der Waals surface area contributed by atoms with E-state index in [1.807, 2.05) is 37.3 Å². The smallest absolute Gasteiger partial charge is 0.258 e. The Morgan fingerprint density at radius 3 is 2.47 bits per heavy atom. The number of aliphatic hydroxyl groups is 1. The van der Waals surface area contributed by atoms with E-state index < -0.39 is 6.10 Å². The van der Waals surface area contributed by atoms with Crippen LogP contribution < -0.4 is 15.4 Å². The molecular weight excluding hydrogens is 428 g/mol. The average molecular weight is 471 g/mol.